The molecule has 0 aliphatic carbocycles. The summed E-state index contributed by atoms with van der Waals surface area (Å²) in [7, 11) is 4.46. The van der Waals surface area contributed by atoms with E-state index in [0.29, 0.717) is 0 Å². The lowest BCUT2D eigenvalue weighted by molar-refractivity contribution is -0.921. The predicted octanol–water partition coefficient (Wildman–Crippen LogP) is -5.27. The van der Waals surface area contributed by atoms with E-state index in [1.165, 1.54) is 41.1 Å². The molecule has 0 fully saturated rings. The van der Waals surface area contributed by atoms with Gasteiger partial charge >= 0.3 is 0 Å². The number of quaternary nitrogens is 2. The summed E-state index contributed by atoms with van der Waals surface area (Å²) in [5.74, 6) is 0. The summed E-state index contributed by atoms with van der Waals surface area (Å²) in [4.78, 5) is 3.16. The molecular formula is C21H30Cl2N2O. The summed E-state index contributed by atoms with van der Waals surface area (Å²) in [6, 6.07) is 19.4. The van der Waals surface area contributed by atoms with Crippen LogP contribution < -0.4 is 34.6 Å². The molecule has 3 rings (SSSR count). The number of ether oxygens (including phenoxy) is 1. The zero-order chi connectivity index (χ0) is 16.8. The highest BCUT2D eigenvalue weighted by atomic mass is 35.5. The fourth-order valence-electron chi connectivity index (χ4n) is 3.53. The number of fused-ring (bicyclic) bond motifs is 1. The molecule has 0 amide bonds. The standard InChI is InChI=1S/C21H28N2O.2ClH/c1-22(2)13-8-14-23-15-16-24-21(18-9-4-3-5-10-18)20-12-7-6-11-19(20)17-23;;/h3-7,9-12,21H,8,13-17H2,1-2H3;2*1H. The highest BCUT2D eigenvalue weighted by Crippen LogP contribution is 2.28. The highest BCUT2D eigenvalue weighted by molar-refractivity contribution is 5.36. The van der Waals surface area contributed by atoms with Crippen LogP contribution in [-0.2, 0) is 11.3 Å². The summed E-state index contributed by atoms with van der Waals surface area (Å²) in [5.41, 5.74) is 4.02. The average molecular weight is 397 g/mol. The number of hydrogen-bond donors (Lipinski definition) is 2. The summed E-state index contributed by atoms with van der Waals surface area (Å²) in [5, 5.41) is 0. The molecule has 1 aliphatic rings. The number of rotatable bonds is 5. The van der Waals surface area contributed by atoms with E-state index in [2.05, 4.69) is 68.7 Å². The lowest BCUT2D eigenvalue weighted by Crippen LogP contribution is -3.12. The molecule has 5 heteroatoms. The minimum atomic E-state index is 0. The Balaban J connectivity index is 0.00000169. The van der Waals surface area contributed by atoms with Crippen LogP contribution in [0.4, 0.5) is 0 Å². The lowest BCUT2D eigenvalue weighted by Gasteiger charge is -2.28. The minimum absolute atomic E-state index is 0. The fraction of sp³-hybridized carbons (Fsp3) is 0.429. The molecule has 0 aromatic heterocycles. The molecule has 0 bridgehead atoms. The van der Waals surface area contributed by atoms with Crippen LogP contribution in [0.25, 0.3) is 0 Å². The molecule has 2 aromatic carbocycles. The molecule has 0 radical (unpaired) electrons. The maximum absolute atomic E-state index is 6.33. The van der Waals surface area contributed by atoms with Crippen molar-refractivity contribution in [3.63, 3.8) is 0 Å². The largest absolute Gasteiger partial charge is 1.00 e. The van der Waals surface area contributed by atoms with Gasteiger partial charge in [0.05, 0.1) is 33.8 Å². The Morgan fingerprint density at radius 1 is 1.00 bits per heavy atom. The van der Waals surface area contributed by atoms with Crippen molar-refractivity contribution in [3.05, 3.63) is 71.3 Å². The maximum Gasteiger partial charge on any atom is 0.108 e. The van der Waals surface area contributed by atoms with Gasteiger partial charge in [0.25, 0.3) is 0 Å². The Hall–Kier alpha value is -1.10. The van der Waals surface area contributed by atoms with Crippen molar-refractivity contribution < 1.29 is 39.4 Å². The van der Waals surface area contributed by atoms with Crippen LogP contribution in [0.2, 0.25) is 0 Å². The van der Waals surface area contributed by atoms with Crippen LogP contribution in [0, 0.1) is 0 Å². The monoisotopic (exact) mass is 396 g/mol. The van der Waals surface area contributed by atoms with Gasteiger partial charge in [0.2, 0.25) is 0 Å². The smallest absolute Gasteiger partial charge is 0.108 e. The van der Waals surface area contributed by atoms with Crippen molar-refractivity contribution >= 4 is 0 Å². The van der Waals surface area contributed by atoms with Crippen molar-refractivity contribution in [2.24, 2.45) is 0 Å². The van der Waals surface area contributed by atoms with Gasteiger partial charge in [-0.3, -0.25) is 0 Å². The van der Waals surface area contributed by atoms with E-state index in [0.717, 1.165) is 19.7 Å². The average Bonchev–Trinajstić information content (AvgIpc) is 2.57. The van der Waals surface area contributed by atoms with E-state index in [1.807, 2.05) is 0 Å². The molecule has 2 aromatic rings. The highest BCUT2D eigenvalue weighted by Gasteiger charge is 2.23. The number of halogens is 2. The summed E-state index contributed by atoms with van der Waals surface area (Å²) >= 11 is 0. The molecule has 0 saturated heterocycles. The molecule has 1 heterocycles. The Labute approximate surface area is 170 Å². The third-order valence-electron chi connectivity index (χ3n) is 4.83. The third kappa shape index (κ3) is 6.26. The van der Waals surface area contributed by atoms with Gasteiger partial charge in [-0.1, -0.05) is 54.6 Å². The van der Waals surface area contributed by atoms with Crippen LogP contribution >= 0.6 is 0 Å². The molecule has 2 unspecified atom stereocenters. The summed E-state index contributed by atoms with van der Waals surface area (Å²) in [6.07, 6.45) is 1.33. The molecule has 1 aliphatic heterocycles. The molecule has 0 spiro atoms. The van der Waals surface area contributed by atoms with E-state index in [1.54, 1.807) is 4.90 Å². The van der Waals surface area contributed by atoms with Crippen molar-refractivity contribution in [3.8, 4) is 0 Å². The van der Waals surface area contributed by atoms with E-state index < -0.39 is 0 Å². The molecule has 2 N–H and O–H groups in total. The second kappa shape index (κ2) is 11.6. The van der Waals surface area contributed by atoms with Crippen molar-refractivity contribution in [1.29, 1.82) is 0 Å². The molecule has 2 atom stereocenters. The van der Waals surface area contributed by atoms with E-state index in [9.17, 15) is 0 Å². The van der Waals surface area contributed by atoms with Gasteiger partial charge in [-0.05, 0) is 11.1 Å². The zero-order valence-corrected chi connectivity index (χ0v) is 17.2. The first-order valence-electron chi connectivity index (χ1n) is 9.11. The Kier molecular flexibility index (Phi) is 10.2. The summed E-state index contributed by atoms with van der Waals surface area (Å²) in [6.45, 7) is 5.46. The third-order valence-corrected chi connectivity index (χ3v) is 4.83. The first-order valence-corrected chi connectivity index (χ1v) is 9.11. The van der Waals surface area contributed by atoms with Crippen LogP contribution in [0.15, 0.2) is 54.6 Å². The molecule has 0 saturated carbocycles. The fourth-order valence-corrected chi connectivity index (χ4v) is 3.53. The second-order valence-corrected chi connectivity index (χ2v) is 7.10. The second-order valence-electron chi connectivity index (χ2n) is 7.10. The zero-order valence-electron chi connectivity index (χ0n) is 15.7. The van der Waals surface area contributed by atoms with Gasteiger partial charge in [0, 0.05) is 12.0 Å². The predicted molar refractivity (Wildman–Crippen MR) is 97.4 cm³/mol. The minimum Gasteiger partial charge on any atom is -1.00 e. The quantitative estimate of drug-likeness (QED) is 0.516. The Bertz CT molecular complexity index is 637. The number of nitrogens with one attached hydrogen (secondary N) is 2. The molecule has 144 valence electrons. The van der Waals surface area contributed by atoms with Gasteiger partial charge in [0.15, 0.2) is 0 Å². The van der Waals surface area contributed by atoms with Gasteiger partial charge in [-0.25, -0.2) is 0 Å². The van der Waals surface area contributed by atoms with Crippen LogP contribution in [-0.4, -0.2) is 40.3 Å². The van der Waals surface area contributed by atoms with E-state index >= 15 is 0 Å². The Morgan fingerprint density at radius 2 is 1.69 bits per heavy atom. The maximum atomic E-state index is 6.33. The van der Waals surface area contributed by atoms with Crippen molar-refractivity contribution in [2.45, 2.75) is 19.1 Å². The topological polar surface area (TPSA) is 18.1 Å². The first kappa shape index (κ1) is 22.9. The van der Waals surface area contributed by atoms with Crippen LogP contribution in [0.3, 0.4) is 0 Å². The van der Waals surface area contributed by atoms with Crippen LogP contribution in [0.5, 0.6) is 0 Å². The molecule has 3 nitrogen and oxygen atoms in total. The molecule has 26 heavy (non-hydrogen) atoms. The SMILES string of the molecule is C[NH+](C)CCC[NH+]1CCOC(c2ccccc2)c2ccccc2C1.[Cl-].[Cl-]. The van der Waals surface area contributed by atoms with Crippen LogP contribution in [0.1, 0.15) is 29.2 Å². The first-order chi connectivity index (χ1) is 11.7. The van der Waals surface area contributed by atoms with E-state index in [4.69, 9.17) is 4.74 Å². The van der Waals surface area contributed by atoms with Crippen molar-refractivity contribution in [2.75, 3.05) is 40.3 Å². The van der Waals surface area contributed by atoms with Gasteiger partial charge in [-0.2, -0.15) is 0 Å². The van der Waals surface area contributed by atoms with Gasteiger partial charge in [0.1, 0.15) is 19.2 Å². The lowest BCUT2D eigenvalue weighted by atomic mass is 9.95. The number of benzene rings is 2. The Morgan fingerprint density at radius 3 is 2.42 bits per heavy atom. The summed E-state index contributed by atoms with van der Waals surface area (Å²) < 4.78 is 6.33. The van der Waals surface area contributed by atoms with Gasteiger partial charge < -0.3 is 39.4 Å². The van der Waals surface area contributed by atoms with Crippen molar-refractivity contribution in [1.82, 2.24) is 0 Å². The van der Waals surface area contributed by atoms with Gasteiger partial charge in [-0.15, -0.1) is 0 Å². The number of hydrogen-bond acceptors (Lipinski definition) is 1. The normalized spacial score (nSPS) is 19.5. The van der Waals surface area contributed by atoms with E-state index in [-0.39, 0.29) is 30.9 Å². The molecular weight excluding hydrogens is 367 g/mol.